The zero-order valence-electron chi connectivity index (χ0n) is 15.2. The molecule has 1 aromatic carbocycles. The predicted octanol–water partition coefficient (Wildman–Crippen LogP) is 2.09. The molecule has 0 bridgehead atoms. The Morgan fingerprint density at radius 3 is 2.44 bits per heavy atom. The van der Waals surface area contributed by atoms with Crippen molar-refractivity contribution < 1.29 is 9.53 Å². The number of carbonyl (C=O) groups is 1. The van der Waals surface area contributed by atoms with E-state index >= 15 is 0 Å². The monoisotopic (exact) mass is 367 g/mol. The van der Waals surface area contributed by atoms with Crippen molar-refractivity contribution in [2.45, 2.75) is 58.0 Å². The molecule has 140 valence electrons. The summed E-state index contributed by atoms with van der Waals surface area (Å²) >= 11 is 0. The molecule has 0 saturated carbocycles. The van der Waals surface area contributed by atoms with E-state index in [1.807, 2.05) is 0 Å². The molecule has 2 saturated heterocycles. The Kier molecular flexibility index (Phi) is 7.69. The van der Waals surface area contributed by atoms with Crippen LogP contribution in [0.5, 0.6) is 0 Å². The molecular weight excluding hydrogens is 338 g/mol. The third-order valence-electron chi connectivity index (χ3n) is 4.77. The van der Waals surface area contributed by atoms with Crippen molar-refractivity contribution in [3.8, 4) is 0 Å². The lowest BCUT2D eigenvalue weighted by Gasteiger charge is -2.35. The summed E-state index contributed by atoms with van der Waals surface area (Å²) in [6.45, 7) is 8.74. The van der Waals surface area contributed by atoms with Crippen molar-refractivity contribution in [3.05, 3.63) is 35.4 Å². The van der Waals surface area contributed by atoms with Crippen LogP contribution < -0.4 is 10.6 Å². The maximum absolute atomic E-state index is 12.0. The maximum atomic E-state index is 12.0. The van der Waals surface area contributed by atoms with Crippen LogP contribution in [-0.4, -0.2) is 48.7 Å². The molecule has 3 rings (SSSR count). The van der Waals surface area contributed by atoms with E-state index in [-0.39, 0.29) is 24.4 Å². The van der Waals surface area contributed by atoms with E-state index in [1.54, 1.807) is 0 Å². The van der Waals surface area contributed by atoms with Gasteiger partial charge in [0.2, 0.25) is 5.91 Å². The van der Waals surface area contributed by atoms with E-state index in [0.717, 1.165) is 44.6 Å². The van der Waals surface area contributed by atoms with Crippen LogP contribution in [-0.2, 0) is 22.6 Å². The molecule has 2 N–H and O–H groups in total. The van der Waals surface area contributed by atoms with Gasteiger partial charge in [-0.15, -0.1) is 12.4 Å². The van der Waals surface area contributed by atoms with Crippen molar-refractivity contribution in [3.63, 3.8) is 0 Å². The summed E-state index contributed by atoms with van der Waals surface area (Å²) in [6.07, 6.45) is 2.63. The van der Waals surface area contributed by atoms with Gasteiger partial charge in [0.15, 0.2) is 0 Å². The van der Waals surface area contributed by atoms with Crippen LogP contribution in [0, 0.1) is 0 Å². The summed E-state index contributed by atoms with van der Waals surface area (Å²) in [4.78, 5) is 14.5. The first-order chi connectivity index (χ1) is 11.6. The van der Waals surface area contributed by atoms with Crippen LogP contribution in [0.3, 0.4) is 0 Å². The second kappa shape index (κ2) is 9.53. The molecular formula is C19H30ClN3O2. The Balaban J connectivity index is 0.00000225. The molecule has 0 aromatic heterocycles. The molecule has 25 heavy (non-hydrogen) atoms. The van der Waals surface area contributed by atoms with Crippen LogP contribution in [0.25, 0.3) is 0 Å². The Morgan fingerprint density at radius 2 is 1.84 bits per heavy atom. The van der Waals surface area contributed by atoms with Crippen LogP contribution in [0.1, 0.15) is 37.8 Å². The summed E-state index contributed by atoms with van der Waals surface area (Å²) in [5, 5.41) is 6.25. The smallest absolute Gasteiger partial charge is 0.237 e. The lowest BCUT2D eigenvalue weighted by atomic mass is 10.1. The standard InChI is InChI=1S/C19H29N3O2.ClH/c1-14-11-22(12-15(2)24-14)13-17-7-5-16(6-8-17)10-21-19(23)18-4-3-9-20-18;/h5-8,14-15,18,20H,3-4,9-13H2,1-2H3,(H,21,23);1H. The Labute approximate surface area is 156 Å². The van der Waals surface area contributed by atoms with Gasteiger partial charge in [-0.3, -0.25) is 9.69 Å². The minimum Gasteiger partial charge on any atom is -0.373 e. The van der Waals surface area contributed by atoms with Gasteiger partial charge >= 0.3 is 0 Å². The highest BCUT2D eigenvalue weighted by Gasteiger charge is 2.22. The van der Waals surface area contributed by atoms with Crippen molar-refractivity contribution in [2.75, 3.05) is 19.6 Å². The number of morpholine rings is 1. The number of amides is 1. The fraction of sp³-hybridized carbons (Fsp3) is 0.632. The van der Waals surface area contributed by atoms with Crippen molar-refractivity contribution in [1.29, 1.82) is 0 Å². The molecule has 2 aliphatic heterocycles. The third-order valence-corrected chi connectivity index (χ3v) is 4.77. The van der Waals surface area contributed by atoms with Gasteiger partial charge in [0.1, 0.15) is 0 Å². The van der Waals surface area contributed by atoms with E-state index in [4.69, 9.17) is 4.74 Å². The van der Waals surface area contributed by atoms with Gasteiger partial charge in [-0.05, 0) is 44.4 Å². The van der Waals surface area contributed by atoms with Crippen LogP contribution in [0.2, 0.25) is 0 Å². The fourth-order valence-corrected chi connectivity index (χ4v) is 3.65. The number of carbonyl (C=O) groups excluding carboxylic acids is 1. The second-order valence-electron chi connectivity index (χ2n) is 7.13. The van der Waals surface area contributed by atoms with Crippen molar-refractivity contribution in [1.82, 2.24) is 15.5 Å². The minimum absolute atomic E-state index is 0. The molecule has 2 fully saturated rings. The number of nitrogens with one attached hydrogen (secondary N) is 2. The highest BCUT2D eigenvalue weighted by Crippen LogP contribution is 2.15. The average molecular weight is 368 g/mol. The zero-order valence-corrected chi connectivity index (χ0v) is 16.0. The predicted molar refractivity (Wildman–Crippen MR) is 102 cm³/mol. The molecule has 2 aliphatic rings. The van der Waals surface area contributed by atoms with Gasteiger partial charge in [-0.25, -0.2) is 0 Å². The van der Waals surface area contributed by atoms with Gasteiger partial charge in [0.05, 0.1) is 18.2 Å². The first-order valence-corrected chi connectivity index (χ1v) is 9.07. The molecule has 3 atom stereocenters. The SMILES string of the molecule is CC1CN(Cc2ccc(CNC(=O)C3CCCN3)cc2)CC(C)O1.Cl. The van der Waals surface area contributed by atoms with E-state index in [9.17, 15) is 4.79 Å². The zero-order chi connectivity index (χ0) is 16.9. The topological polar surface area (TPSA) is 53.6 Å². The molecule has 0 spiro atoms. The van der Waals surface area contributed by atoms with E-state index in [2.05, 4.69) is 53.6 Å². The Bertz CT molecular complexity index is 536. The van der Waals surface area contributed by atoms with Gasteiger partial charge in [-0.2, -0.15) is 0 Å². The second-order valence-corrected chi connectivity index (χ2v) is 7.13. The summed E-state index contributed by atoms with van der Waals surface area (Å²) in [5.41, 5.74) is 2.46. The quantitative estimate of drug-likeness (QED) is 0.836. The minimum atomic E-state index is -0.00503. The summed E-state index contributed by atoms with van der Waals surface area (Å²) in [7, 11) is 0. The number of halogens is 1. The lowest BCUT2D eigenvalue weighted by molar-refractivity contribution is -0.122. The summed E-state index contributed by atoms with van der Waals surface area (Å²) in [6, 6.07) is 8.56. The van der Waals surface area contributed by atoms with E-state index in [1.165, 1.54) is 5.56 Å². The number of rotatable bonds is 5. The first kappa shape index (κ1) is 20.2. The molecule has 5 nitrogen and oxygen atoms in total. The van der Waals surface area contributed by atoms with Gasteiger partial charge in [-0.1, -0.05) is 24.3 Å². The molecule has 6 heteroatoms. The van der Waals surface area contributed by atoms with Crippen LogP contribution in [0.15, 0.2) is 24.3 Å². The molecule has 3 unspecified atom stereocenters. The summed E-state index contributed by atoms with van der Waals surface area (Å²) < 4.78 is 5.78. The van der Waals surface area contributed by atoms with E-state index in [0.29, 0.717) is 18.8 Å². The normalized spacial score (nSPS) is 26.9. The Morgan fingerprint density at radius 1 is 1.20 bits per heavy atom. The van der Waals surface area contributed by atoms with Gasteiger partial charge in [0.25, 0.3) is 0 Å². The third kappa shape index (κ3) is 5.96. The highest BCUT2D eigenvalue weighted by molar-refractivity contribution is 5.85. The molecule has 0 aliphatic carbocycles. The average Bonchev–Trinajstić information content (AvgIpc) is 3.07. The largest absolute Gasteiger partial charge is 0.373 e. The molecule has 1 amide bonds. The molecule has 2 heterocycles. The van der Waals surface area contributed by atoms with Crippen LogP contribution in [0.4, 0.5) is 0 Å². The van der Waals surface area contributed by atoms with Crippen LogP contribution >= 0.6 is 12.4 Å². The van der Waals surface area contributed by atoms with E-state index < -0.39 is 0 Å². The number of nitrogens with zero attached hydrogens (tertiary/aromatic N) is 1. The number of hydrogen-bond acceptors (Lipinski definition) is 4. The van der Waals surface area contributed by atoms with Gasteiger partial charge < -0.3 is 15.4 Å². The fourth-order valence-electron chi connectivity index (χ4n) is 3.65. The molecule has 1 aromatic rings. The van der Waals surface area contributed by atoms with Crippen molar-refractivity contribution >= 4 is 18.3 Å². The highest BCUT2D eigenvalue weighted by atomic mass is 35.5. The Hall–Kier alpha value is -1.14. The number of hydrogen-bond donors (Lipinski definition) is 2. The number of ether oxygens (including phenoxy) is 1. The lowest BCUT2D eigenvalue weighted by Crippen LogP contribution is -2.44. The number of benzene rings is 1. The summed E-state index contributed by atoms with van der Waals surface area (Å²) in [5.74, 6) is 0.118. The first-order valence-electron chi connectivity index (χ1n) is 9.07. The van der Waals surface area contributed by atoms with Crippen molar-refractivity contribution in [2.24, 2.45) is 0 Å². The molecule has 0 radical (unpaired) electrons. The van der Waals surface area contributed by atoms with Gasteiger partial charge in [0, 0.05) is 26.2 Å². The maximum Gasteiger partial charge on any atom is 0.237 e.